The molecule has 0 spiro atoms. The summed E-state index contributed by atoms with van der Waals surface area (Å²) in [6, 6.07) is 0.457. The van der Waals surface area contributed by atoms with Gasteiger partial charge in [0.05, 0.1) is 6.54 Å². The van der Waals surface area contributed by atoms with Crippen molar-refractivity contribution in [1.29, 1.82) is 0 Å². The molecule has 0 aromatic carbocycles. The first-order valence-electron chi connectivity index (χ1n) is 8.97. The Hall–Kier alpha value is -1.95. The van der Waals surface area contributed by atoms with Gasteiger partial charge in [0.15, 0.2) is 0 Å². The van der Waals surface area contributed by atoms with Crippen LogP contribution in [0.4, 0.5) is 5.95 Å². The molecule has 1 saturated heterocycles. The van der Waals surface area contributed by atoms with Crippen molar-refractivity contribution in [1.82, 2.24) is 24.4 Å². The molecule has 3 rings (SSSR count). The molecule has 24 heavy (non-hydrogen) atoms. The smallest absolute Gasteiger partial charge is 0.225 e. The molecule has 2 aromatic rings. The van der Waals surface area contributed by atoms with E-state index in [4.69, 9.17) is 0 Å². The molecule has 0 unspecified atom stereocenters. The van der Waals surface area contributed by atoms with Crippen LogP contribution in [0.3, 0.4) is 0 Å². The fourth-order valence-corrected chi connectivity index (χ4v) is 3.17. The normalized spacial score (nSPS) is 16.1. The maximum Gasteiger partial charge on any atom is 0.225 e. The topological polar surface area (TPSA) is 50.1 Å². The number of aryl methyl sites for hydroxylation is 1. The highest BCUT2D eigenvalue weighted by molar-refractivity contribution is 5.30. The molecular formula is C18H28N6. The Morgan fingerprint density at radius 3 is 2.38 bits per heavy atom. The van der Waals surface area contributed by atoms with Gasteiger partial charge in [-0.25, -0.2) is 15.0 Å². The quantitative estimate of drug-likeness (QED) is 0.815. The zero-order valence-electron chi connectivity index (χ0n) is 15.0. The number of aromatic nitrogens is 4. The van der Waals surface area contributed by atoms with Crippen molar-refractivity contribution in [3.63, 3.8) is 0 Å². The molecule has 3 heterocycles. The van der Waals surface area contributed by atoms with Crippen LogP contribution in [0, 0.1) is 0 Å². The number of nitrogens with zero attached hydrogens (tertiary/aromatic N) is 6. The maximum absolute atomic E-state index is 4.54. The van der Waals surface area contributed by atoms with E-state index in [1.165, 1.54) is 5.56 Å². The van der Waals surface area contributed by atoms with Crippen LogP contribution in [0.5, 0.6) is 0 Å². The molecule has 1 aliphatic rings. The van der Waals surface area contributed by atoms with E-state index >= 15 is 0 Å². The molecule has 6 heteroatoms. The Bertz CT molecular complexity index is 625. The SMILES string of the molecule is CCCc1cnc(N2CCN(Cc3nccn3C(C)C)CC2)nc1. The molecule has 1 aliphatic heterocycles. The summed E-state index contributed by atoms with van der Waals surface area (Å²) in [5.41, 5.74) is 1.22. The largest absolute Gasteiger partial charge is 0.338 e. The highest BCUT2D eigenvalue weighted by Crippen LogP contribution is 2.15. The standard InChI is InChI=1S/C18H28N6/c1-4-5-16-12-20-18(21-13-16)23-10-8-22(9-11-23)14-17-19-6-7-24(17)15(2)3/h6-7,12-13,15H,4-5,8-11,14H2,1-3H3. The summed E-state index contributed by atoms with van der Waals surface area (Å²) < 4.78 is 2.25. The molecule has 1 fully saturated rings. The summed E-state index contributed by atoms with van der Waals surface area (Å²) in [7, 11) is 0. The lowest BCUT2D eigenvalue weighted by molar-refractivity contribution is 0.238. The van der Waals surface area contributed by atoms with Crippen molar-refractivity contribution in [3.8, 4) is 0 Å². The Morgan fingerprint density at radius 2 is 1.75 bits per heavy atom. The number of piperazine rings is 1. The summed E-state index contributed by atoms with van der Waals surface area (Å²) in [5.74, 6) is 2.01. The predicted octanol–water partition coefficient (Wildman–Crippen LogP) is 2.53. The monoisotopic (exact) mass is 328 g/mol. The van der Waals surface area contributed by atoms with E-state index in [0.717, 1.165) is 57.3 Å². The second-order valence-electron chi connectivity index (χ2n) is 6.75. The van der Waals surface area contributed by atoms with Gasteiger partial charge >= 0.3 is 0 Å². The van der Waals surface area contributed by atoms with E-state index in [1.807, 2.05) is 18.6 Å². The highest BCUT2D eigenvalue weighted by Gasteiger charge is 2.20. The summed E-state index contributed by atoms with van der Waals surface area (Å²) in [5, 5.41) is 0. The Labute approximate surface area is 144 Å². The molecule has 2 aromatic heterocycles. The van der Waals surface area contributed by atoms with Crippen LogP contribution >= 0.6 is 0 Å². The van der Waals surface area contributed by atoms with Gasteiger partial charge in [-0.15, -0.1) is 0 Å². The third kappa shape index (κ3) is 3.93. The predicted molar refractivity (Wildman–Crippen MR) is 96.1 cm³/mol. The van der Waals surface area contributed by atoms with Gasteiger partial charge in [-0.1, -0.05) is 13.3 Å². The second-order valence-corrected chi connectivity index (χ2v) is 6.75. The van der Waals surface area contributed by atoms with Crippen molar-refractivity contribution in [3.05, 3.63) is 36.2 Å². The van der Waals surface area contributed by atoms with Crippen LogP contribution < -0.4 is 4.90 Å². The molecule has 0 atom stereocenters. The molecule has 0 bridgehead atoms. The van der Waals surface area contributed by atoms with Crippen molar-refractivity contribution in [2.24, 2.45) is 0 Å². The van der Waals surface area contributed by atoms with Gasteiger partial charge in [0.2, 0.25) is 5.95 Å². The zero-order chi connectivity index (χ0) is 16.9. The van der Waals surface area contributed by atoms with E-state index in [9.17, 15) is 0 Å². The minimum atomic E-state index is 0.457. The summed E-state index contributed by atoms with van der Waals surface area (Å²) in [6.45, 7) is 11.5. The number of hydrogen-bond donors (Lipinski definition) is 0. The number of imidazole rings is 1. The van der Waals surface area contributed by atoms with Crippen molar-refractivity contribution in [2.45, 2.75) is 46.2 Å². The van der Waals surface area contributed by atoms with Crippen molar-refractivity contribution in [2.75, 3.05) is 31.1 Å². The van der Waals surface area contributed by atoms with Gasteiger partial charge in [0.25, 0.3) is 0 Å². The lowest BCUT2D eigenvalue weighted by atomic mass is 10.2. The van der Waals surface area contributed by atoms with E-state index < -0.39 is 0 Å². The molecule has 0 saturated carbocycles. The summed E-state index contributed by atoms with van der Waals surface area (Å²) in [4.78, 5) is 18.3. The van der Waals surface area contributed by atoms with Gasteiger partial charge in [-0.05, 0) is 25.8 Å². The fourth-order valence-electron chi connectivity index (χ4n) is 3.17. The lowest BCUT2D eigenvalue weighted by Gasteiger charge is -2.34. The second kappa shape index (κ2) is 7.75. The van der Waals surface area contributed by atoms with E-state index in [-0.39, 0.29) is 0 Å². The fraction of sp³-hybridized carbons (Fsp3) is 0.611. The number of hydrogen-bond acceptors (Lipinski definition) is 5. The Kier molecular flexibility index (Phi) is 5.45. The molecule has 0 aliphatic carbocycles. The van der Waals surface area contributed by atoms with Crippen LogP contribution in [-0.4, -0.2) is 50.6 Å². The van der Waals surface area contributed by atoms with Gasteiger partial charge in [0.1, 0.15) is 5.82 Å². The molecular weight excluding hydrogens is 300 g/mol. The molecule has 130 valence electrons. The van der Waals surface area contributed by atoms with Crippen LogP contribution in [0.25, 0.3) is 0 Å². The van der Waals surface area contributed by atoms with Crippen LogP contribution in [0.15, 0.2) is 24.8 Å². The minimum Gasteiger partial charge on any atom is -0.338 e. The average Bonchev–Trinajstić information content (AvgIpc) is 3.05. The van der Waals surface area contributed by atoms with E-state index in [1.54, 1.807) is 0 Å². The first-order valence-corrected chi connectivity index (χ1v) is 8.97. The Morgan fingerprint density at radius 1 is 1.04 bits per heavy atom. The molecule has 0 radical (unpaired) electrons. The van der Waals surface area contributed by atoms with Gasteiger partial charge in [-0.3, -0.25) is 4.90 Å². The van der Waals surface area contributed by atoms with Crippen LogP contribution in [0.2, 0.25) is 0 Å². The summed E-state index contributed by atoms with van der Waals surface area (Å²) >= 11 is 0. The van der Waals surface area contributed by atoms with Crippen LogP contribution in [-0.2, 0) is 13.0 Å². The minimum absolute atomic E-state index is 0.457. The van der Waals surface area contributed by atoms with Crippen molar-refractivity contribution >= 4 is 5.95 Å². The zero-order valence-corrected chi connectivity index (χ0v) is 15.0. The number of anilines is 1. The highest BCUT2D eigenvalue weighted by atomic mass is 15.3. The van der Waals surface area contributed by atoms with Gasteiger partial charge in [0, 0.05) is 57.0 Å². The number of rotatable bonds is 6. The molecule has 6 nitrogen and oxygen atoms in total. The van der Waals surface area contributed by atoms with Gasteiger partial charge in [-0.2, -0.15) is 0 Å². The van der Waals surface area contributed by atoms with Gasteiger partial charge < -0.3 is 9.47 Å². The van der Waals surface area contributed by atoms with Crippen LogP contribution in [0.1, 0.15) is 44.6 Å². The molecule has 0 amide bonds. The van der Waals surface area contributed by atoms with Crippen molar-refractivity contribution < 1.29 is 0 Å². The van der Waals surface area contributed by atoms with E-state index in [0.29, 0.717) is 6.04 Å². The molecule has 0 N–H and O–H groups in total. The maximum atomic E-state index is 4.54. The Balaban J connectivity index is 1.54. The first-order chi connectivity index (χ1) is 11.7. The average molecular weight is 328 g/mol. The third-order valence-electron chi connectivity index (χ3n) is 4.56. The first kappa shape index (κ1) is 16.9. The summed E-state index contributed by atoms with van der Waals surface area (Å²) in [6.07, 6.45) is 10.1. The lowest BCUT2D eigenvalue weighted by Crippen LogP contribution is -2.46. The van der Waals surface area contributed by atoms with E-state index in [2.05, 4.69) is 56.3 Å². The third-order valence-corrected chi connectivity index (χ3v) is 4.56.